The number of hydrogen-bond donors (Lipinski definition) is 4. The molecule has 9 atom stereocenters. The molecule has 26 heteroatoms. The Bertz CT molecular complexity index is 3710. The molecule has 1 saturated carbocycles. The summed E-state index contributed by atoms with van der Waals surface area (Å²) in [7, 11) is 9.71. The number of aromatic nitrogens is 1. The fraction of sp³-hybridized carbons (Fsp3) is 0.467. The van der Waals surface area contributed by atoms with Crippen molar-refractivity contribution in [2.75, 3.05) is 69.0 Å². The van der Waals surface area contributed by atoms with Crippen LogP contribution in [0.15, 0.2) is 134 Å². The minimum absolute atomic E-state index is 0.0536. The lowest BCUT2D eigenvalue weighted by atomic mass is 9.84. The zero-order valence-electron chi connectivity index (χ0n) is 59.3. The molecule has 0 radical (unpaired) electrons. The van der Waals surface area contributed by atoms with Crippen LogP contribution in [0.2, 0.25) is 10.0 Å². The van der Waals surface area contributed by atoms with E-state index in [1.54, 1.807) is 128 Å². The van der Waals surface area contributed by atoms with Crippen LogP contribution in [0.1, 0.15) is 99.2 Å². The number of nitrogens with one attached hydrogen (secondary N) is 4. The number of amides is 11. The molecule has 1 aromatic heterocycles. The van der Waals surface area contributed by atoms with E-state index in [4.69, 9.17) is 23.2 Å². The molecule has 0 bridgehead atoms. The van der Waals surface area contributed by atoms with Crippen molar-refractivity contribution in [1.82, 2.24) is 60.1 Å². The first kappa shape index (κ1) is 78.9. The van der Waals surface area contributed by atoms with Gasteiger partial charge in [0, 0.05) is 97.5 Å². The van der Waals surface area contributed by atoms with Crippen molar-refractivity contribution in [3.05, 3.63) is 166 Å². The Kier molecular flexibility index (Phi) is 29.1. The third-order valence-corrected chi connectivity index (χ3v) is 19.9. The van der Waals surface area contributed by atoms with Crippen molar-refractivity contribution >= 4 is 94.1 Å². The average molecular weight is 1430 g/mol. The van der Waals surface area contributed by atoms with Crippen LogP contribution < -0.4 is 21.3 Å². The van der Waals surface area contributed by atoms with E-state index in [-0.39, 0.29) is 38.0 Å². The van der Waals surface area contributed by atoms with Gasteiger partial charge >= 0.3 is 0 Å². The van der Waals surface area contributed by atoms with Gasteiger partial charge in [0.15, 0.2) is 0 Å². The molecule has 4 aromatic carbocycles. The Morgan fingerprint density at radius 2 is 1.02 bits per heavy atom. The number of benzene rings is 4. The van der Waals surface area contributed by atoms with Crippen LogP contribution in [0.5, 0.6) is 0 Å². The van der Waals surface area contributed by atoms with Crippen LogP contribution in [0.4, 0.5) is 0 Å². The highest BCUT2D eigenvalue weighted by Gasteiger charge is 2.42. The third-order valence-electron chi connectivity index (χ3n) is 19.4. The van der Waals surface area contributed by atoms with Gasteiger partial charge in [-0.3, -0.25) is 62.1 Å². The van der Waals surface area contributed by atoms with E-state index in [1.807, 2.05) is 6.92 Å². The number of rotatable bonds is 13. The van der Waals surface area contributed by atoms with Crippen molar-refractivity contribution in [3.8, 4) is 0 Å². The fourth-order valence-electron chi connectivity index (χ4n) is 12.7. The Hall–Kier alpha value is -9.42. The second-order valence-corrected chi connectivity index (χ2v) is 27.7. The number of carbonyl (C=O) groups is 12. The predicted octanol–water partition coefficient (Wildman–Crippen LogP) is 5.47. The zero-order valence-corrected chi connectivity index (χ0v) is 60.8. The van der Waals surface area contributed by atoms with Crippen molar-refractivity contribution in [3.63, 3.8) is 0 Å². The summed E-state index contributed by atoms with van der Waals surface area (Å²) < 4.78 is 1.21. The molecule has 2 heterocycles. The summed E-state index contributed by atoms with van der Waals surface area (Å²) in [6.45, 7) is 3.22. The second-order valence-electron chi connectivity index (χ2n) is 26.8. The van der Waals surface area contributed by atoms with Gasteiger partial charge in [0.1, 0.15) is 48.3 Å². The zero-order chi connectivity index (χ0) is 73.8. The van der Waals surface area contributed by atoms with E-state index in [2.05, 4.69) is 21.3 Å². The first-order valence-electron chi connectivity index (χ1n) is 34.3. The third kappa shape index (κ3) is 22.0. The normalized spacial score (nSPS) is 23.3. The molecule has 11 amide bonds. The van der Waals surface area contributed by atoms with E-state index < -0.39 is 151 Å². The molecule has 0 spiro atoms. The van der Waals surface area contributed by atoms with Gasteiger partial charge in [-0.15, -0.1) is 0 Å². The molecular formula is C75H96Cl2N12O12. The maximum absolute atomic E-state index is 15.8. The highest BCUT2D eigenvalue weighted by molar-refractivity contribution is 6.31. The molecule has 24 nitrogen and oxygen atoms in total. The van der Waals surface area contributed by atoms with E-state index in [9.17, 15) is 38.4 Å². The number of halogens is 2. The molecule has 0 unspecified atom stereocenters. The van der Waals surface area contributed by atoms with Gasteiger partial charge in [0.2, 0.25) is 65.0 Å². The Balaban J connectivity index is 1.32. The molecule has 1 saturated heterocycles. The summed E-state index contributed by atoms with van der Waals surface area (Å²) in [4.78, 5) is 186. The number of carbonyl (C=O) groups excluding carboxylic acids is 12. The van der Waals surface area contributed by atoms with E-state index in [1.165, 1.54) is 83.0 Å². The average Bonchev–Trinajstić information content (AvgIpc) is 1.24. The Morgan fingerprint density at radius 3 is 1.62 bits per heavy atom. The molecule has 4 N–H and O–H groups in total. The van der Waals surface area contributed by atoms with Crippen molar-refractivity contribution < 1.29 is 57.5 Å². The maximum atomic E-state index is 15.8. The van der Waals surface area contributed by atoms with Gasteiger partial charge in [-0.2, -0.15) is 0 Å². The monoisotopic (exact) mass is 1430 g/mol. The lowest BCUT2D eigenvalue weighted by molar-refractivity contribution is -0.149. The van der Waals surface area contributed by atoms with Crippen molar-refractivity contribution in [2.45, 2.75) is 146 Å². The van der Waals surface area contributed by atoms with Crippen LogP contribution in [0, 0.1) is 11.8 Å². The van der Waals surface area contributed by atoms with E-state index in [0.717, 1.165) is 56.6 Å². The van der Waals surface area contributed by atoms with Crippen LogP contribution in [0.25, 0.3) is 0 Å². The van der Waals surface area contributed by atoms with Crippen LogP contribution in [-0.2, 0) is 78.4 Å². The summed E-state index contributed by atoms with van der Waals surface area (Å²) in [5, 5.41) is 12.1. The largest absolute Gasteiger partial charge is 0.342 e. The van der Waals surface area contributed by atoms with Crippen LogP contribution in [-0.4, -0.2) is 227 Å². The molecule has 542 valence electrons. The first-order valence-corrected chi connectivity index (χ1v) is 35.0. The predicted molar refractivity (Wildman–Crippen MR) is 383 cm³/mol. The lowest BCUT2D eigenvalue weighted by Gasteiger charge is -2.38. The minimum Gasteiger partial charge on any atom is -0.342 e. The van der Waals surface area contributed by atoms with Gasteiger partial charge < -0.3 is 55.6 Å². The number of nitrogens with zero attached hydrogens (tertiary/aromatic N) is 8. The molecule has 5 aromatic rings. The summed E-state index contributed by atoms with van der Waals surface area (Å²) >= 11 is 12.7. The highest BCUT2D eigenvalue weighted by Crippen LogP contribution is 2.30. The topological polar surface area (TPSA) is 281 Å². The minimum atomic E-state index is -1.56. The van der Waals surface area contributed by atoms with Crippen molar-refractivity contribution in [2.24, 2.45) is 11.8 Å². The Morgan fingerprint density at radius 1 is 0.475 bits per heavy atom. The quantitative estimate of drug-likeness (QED) is 0.114. The van der Waals surface area contributed by atoms with Gasteiger partial charge in [0.25, 0.3) is 5.91 Å². The summed E-state index contributed by atoms with van der Waals surface area (Å²) in [5.41, 5.74) is 2.38. The number of likely N-dealkylation sites (N-methyl/N-ethyl adjacent to an activating group) is 7. The summed E-state index contributed by atoms with van der Waals surface area (Å²) in [6.07, 6.45) is 6.58. The molecule has 2 fully saturated rings. The summed E-state index contributed by atoms with van der Waals surface area (Å²) in [6, 6.07) is 23.4. The van der Waals surface area contributed by atoms with Crippen LogP contribution >= 0.6 is 23.2 Å². The molecular weight excluding hydrogens is 1330 g/mol. The Labute approximate surface area is 601 Å². The van der Waals surface area contributed by atoms with E-state index in [0.29, 0.717) is 38.7 Å². The highest BCUT2D eigenvalue weighted by atomic mass is 35.5. The smallest absolute Gasteiger partial charge is 0.253 e. The van der Waals surface area contributed by atoms with Gasteiger partial charge in [-0.05, 0) is 83.8 Å². The van der Waals surface area contributed by atoms with Gasteiger partial charge in [0.05, 0.1) is 26.1 Å². The maximum Gasteiger partial charge on any atom is 0.253 e. The lowest BCUT2D eigenvalue weighted by Crippen LogP contribution is -2.61. The summed E-state index contributed by atoms with van der Waals surface area (Å²) in [5.74, 6) is -9.25. The molecule has 7 rings (SSSR count). The second kappa shape index (κ2) is 37.3. The molecule has 101 heavy (non-hydrogen) atoms. The first-order chi connectivity index (χ1) is 48.0. The SMILES string of the molecule is CC[C@H](C)[C@@H]1NC(=O)[C@H](C)N(C)C(=O)C[C@@H](C(=O)n2cccc2)NC(=O)[C@H](CC2CCCCC2)N(C)C(=O)[C@H](Cc2ccccc2)N(C)C(=O)[C@H](Cc2ccccc2)NC(=O)[C@H](Cc2cccc(Cl)c2)NC(=O)CN(C)C(=O)[C@H](Cc2ccc(Cl)cc2)N(C)C(=O)CN(C)C(=O)CN(C)C1=O. The van der Waals surface area contributed by atoms with Crippen molar-refractivity contribution in [1.29, 1.82) is 0 Å². The standard InChI is InChI=1S/C75H96Cl2N12O12/c1-11-48(2)67-75(101)84(6)46-65(92)82(4)47-66(93)86(8)61(43-53-32-34-55(76)35-33-53)73(99)83(5)45-63(90)78-57(40-54-30-23-31-56(77)38-54)69(95)79-58(39-50-24-15-12-16-25-50)71(97)88(10)62(42-52-28-19-14-20-29-52)74(100)87(9)60(41-51-26-17-13-18-27-51)70(96)80-59(72(98)89-36-21-22-37-89)44-64(91)85(7)49(3)68(94)81-67/h12,14-16,19-25,28-38,48-49,51,57-62,67H,11,13,17-18,26-27,39-47H2,1-10H3,(H,78,90)(H,79,95)(H,80,96)(H,81,94)/t48-,49-,57-,58-,59-,60-,61-,62-,67-/m0/s1. The molecule has 1 aliphatic carbocycles. The number of hydrogen-bond acceptors (Lipinski definition) is 12. The fourth-order valence-corrected chi connectivity index (χ4v) is 13.0. The molecule has 2 aliphatic rings. The molecule has 1 aliphatic heterocycles. The van der Waals surface area contributed by atoms with E-state index >= 15 is 19.2 Å². The van der Waals surface area contributed by atoms with Gasteiger partial charge in [-0.1, -0.05) is 161 Å². The van der Waals surface area contributed by atoms with Gasteiger partial charge in [-0.25, -0.2) is 0 Å². The van der Waals surface area contributed by atoms with Crippen LogP contribution in [0.3, 0.4) is 0 Å².